The largest absolute Gasteiger partial charge is 0.307 e. The van der Waals surface area contributed by atoms with E-state index >= 15 is 0 Å². The van der Waals surface area contributed by atoms with Crippen LogP contribution in [0.15, 0.2) is 22.7 Å². The van der Waals surface area contributed by atoms with Gasteiger partial charge in [0.2, 0.25) is 0 Å². The SMILES string of the molecule is CCCCCCC(C)NC1CCc2cc(Br)ccc21. The number of fused-ring (bicyclic) bond motifs is 1. The highest BCUT2D eigenvalue weighted by molar-refractivity contribution is 9.10. The van der Waals surface area contributed by atoms with Crippen molar-refractivity contribution in [2.75, 3.05) is 0 Å². The Kier molecular flexibility index (Phi) is 5.90. The van der Waals surface area contributed by atoms with Gasteiger partial charge in [-0.2, -0.15) is 0 Å². The molecular weight excluding hydrogens is 298 g/mol. The first-order valence-corrected chi connectivity index (χ1v) is 8.54. The third-order valence-electron chi connectivity index (χ3n) is 4.16. The number of benzene rings is 1. The quantitative estimate of drug-likeness (QED) is 0.664. The van der Waals surface area contributed by atoms with Crippen molar-refractivity contribution in [1.29, 1.82) is 0 Å². The van der Waals surface area contributed by atoms with E-state index in [1.54, 1.807) is 0 Å². The van der Waals surface area contributed by atoms with Gasteiger partial charge in [-0.1, -0.05) is 54.6 Å². The third kappa shape index (κ3) is 4.32. The van der Waals surface area contributed by atoms with Gasteiger partial charge < -0.3 is 5.32 Å². The summed E-state index contributed by atoms with van der Waals surface area (Å²) in [5.41, 5.74) is 3.04. The molecule has 1 N–H and O–H groups in total. The van der Waals surface area contributed by atoms with Gasteiger partial charge in [-0.3, -0.25) is 0 Å². The van der Waals surface area contributed by atoms with E-state index in [2.05, 4.69) is 53.3 Å². The fourth-order valence-corrected chi connectivity index (χ4v) is 3.47. The highest BCUT2D eigenvalue weighted by atomic mass is 79.9. The molecule has 1 aliphatic rings. The van der Waals surface area contributed by atoms with Crippen molar-refractivity contribution in [2.24, 2.45) is 0 Å². The van der Waals surface area contributed by atoms with Crippen molar-refractivity contribution >= 4 is 15.9 Å². The normalized spacial score (nSPS) is 19.4. The molecule has 0 aromatic heterocycles. The van der Waals surface area contributed by atoms with E-state index in [4.69, 9.17) is 0 Å². The lowest BCUT2D eigenvalue weighted by Gasteiger charge is -2.20. The van der Waals surface area contributed by atoms with E-state index in [1.807, 2.05) is 0 Å². The molecule has 2 unspecified atom stereocenters. The third-order valence-corrected chi connectivity index (χ3v) is 4.65. The monoisotopic (exact) mass is 323 g/mol. The van der Waals surface area contributed by atoms with Crippen LogP contribution in [0.2, 0.25) is 0 Å². The molecule has 0 saturated carbocycles. The Morgan fingerprint density at radius 3 is 2.95 bits per heavy atom. The summed E-state index contributed by atoms with van der Waals surface area (Å²) in [6, 6.07) is 7.95. The number of aryl methyl sites for hydroxylation is 1. The van der Waals surface area contributed by atoms with Crippen LogP contribution < -0.4 is 5.32 Å². The Balaban J connectivity index is 1.81. The summed E-state index contributed by atoms with van der Waals surface area (Å²) in [4.78, 5) is 0. The van der Waals surface area contributed by atoms with Crippen molar-refractivity contribution < 1.29 is 0 Å². The molecule has 1 nitrogen and oxygen atoms in total. The molecule has 0 radical (unpaired) electrons. The molecule has 0 bridgehead atoms. The summed E-state index contributed by atoms with van der Waals surface area (Å²) in [6.45, 7) is 4.61. The van der Waals surface area contributed by atoms with E-state index < -0.39 is 0 Å². The number of hydrogen-bond acceptors (Lipinski definition) is 1. The zero-order valence-corrected chi connectivity index (χ0v) is 13.8. The van der Waals surface area contributed by atoms with Crippen LogP contribution in [0.25, 0.3) is 0 Å². The van der Waals surface area contributed by atoms with Crippen LogP contribution in [0.4, 0.5) is 0 Å². The molecule has 0 spiro atoms. The molecule has 2 heteroatoms. The highest BCUT2D eigenvalue weighted by Crippen LogP contribution is 2.33. The Labute approximate surface area is 126 Å². The van der Waals surface area contributed by atoms with Crippen molar-refractivity contribution in [2.45, 2.75) is 70.9 Å². The molecule has 106 valence electrons. The minimum absolute atomic E-state index is 0.573. The molecule has 0 heterocycles. The smallest absolute Gasteiger partial charge is 0.0328 e. The molecule has 1 aliphatic carbocycles. The average molecular weight is 324 g/mol. The fourth-order valence-electron chi connectivity index (χ4n) is 3.06. The molecule has 0 aliphatic heterocycles. The maximum Gasteiger partial charge on any atom is 0.0328 e. The van der Waals surface area contributed by atoms with Crippen molar-refractivity contribution in [3.63, 3.8) is 0 Å². The van der Waals surface area contributed by atoms with E-state index in [0.29, 0.717) is 12.1 Å². The van der Waals surface area contributed by atoms with Crippen LogP contribution in [0, 0.1) is 0 Å². The molecule has 2 atom stereocenters. The number of rotatable bonds is 7. The lowest BCUT2D eigenvalue weighted by molar-refractivity contribution is 0.419. The van der Waals surface area contributed by atoms with Crippen molar-refractivity contribution in [3.05, 3.63) is 33.8 Å². The fraction of sp³-hybridized carbons (Fsp3) is 0.647. The summed E-state index contributed by atoms with van der Waals surface area (Å²) in [7, 11) is 0. The van der Waals surface area contributed by atoms with Crippen molar-refractivity contribution in [3.8, 4) is 0 Å². The minimum atomic E-state index is 0.573. The van der Waals surface area contributed by atoms with Crippen molar-refractivity contribution in [1.82, 2.24) is 5.32 Å². The van der Waals surface area contributed by atoms with Gasteiger partial charge in [-0.25, -0.2) is 0 Å². The number of unbranched alkanes of at least 4 members (excludes halogenated alkanes) is 3. The first kappa shape index (κ1) is 15.1. The predicted octanol–water partition coefficient (Wildman–Crippen LogP) is 5.38. The second kappa shape index (κ2) is 7.44. The van der Waals surface area contributed by atoms with E-state index in [9.17, 15) is 0 Å². The van der Waals surface area contributed by atoms with Gasteiger partial charge in [-0.15, -0.1) is 0 Å². The topological polar surface area (TPSA) is 12.0 Å². The van der Waals surface area contributed by atoms with E-state index in [1.165, 1.54) is 60.5 Å². The van der Waals surface area contributed by atoms with E-state index in [0.717, 1.165) is 0 Å². The Morgan fingerprint density at radius 2 is 2.16 bits per heavy atom. The zero-order valence-electron chi connectivity index (χ0n) is 12.2. The summed E-state index contributed by atoms with van der Waals surface area (Å²) in [5.74, 6) is 0. The lowest BCUT2D eigenvalue weighted by atomic mass is 10.0. The minimum Gasteiger partial charge on any atom is -0.307 e. The summed E-state index contributed by atoms with van der Waals surface area (Å²) in [6.07, 6.45) is 9.24. The number of nitrogens with one attached hydrogen (secondary N) is 1. The van der Waals surface area contributed by atoms with Gasteiger partial charge >= 0.3 is 0 Å². The molecule has 19 heavy (non-hydrogen) atoms. The molecule has 1 aromatic carbocycles. The molecule has 0 amide bonds. The predicted molar refractivity (Wildman–Crippen MR) is 86.6 cm³/mol. The van der Waals surface area contributed by atoms with Gasteiger partial charge in [0.15, 0.2) is 0 Å². The zero-order chi connectivity index (χ0) is 13.7. The average Bonchev–Trinajstić information content (AvgIpc) is 2.77. The van der Waals surface area contributed by atoms with E-state index in [-0.39, 0.29) is 0 Å². The van der Waals surface area contributed by atoms with Gasteiger partial charge in [0.25, 0.3) is 0 Å². The molecular formula is C17H26BrN. The summed E-state index contributed by atoms with van der Waals surface area (Å²) < 4.78 is 1.21. The first-order chi connectivity index (χ1) is 9.20. The van der Waals surface area contributed by atoms with Crippen LogP contribution in [0.5, 0.6) is 0 Å². The van der Waals surface area contributed by atoms with Gasteiger partial charge in [0.05, 0.1) is 0 Å². The number of halogens is 1. The van der Waals surface area contributed by atoms with Gasteiger partial charge in [0.1, 0.15) is 0 Å². The first-order valence-electron chi connectivity index (χ1n) is 7.75. The number of hydrogen-bond donors (Lipinski definition) is 1. The second-order valence-corrected chi connectivity index (χ2v) is 6.77. The summed E-state index contributed by atoms with van der Waals surface area (Å²) in [5, 5.41) is 3.82. The molecule has 2 rings (SSSR count). The molecule has 0 fully saturated rings. The Hall–Kier alpha value is -0.340. The Morgan fingerprint density at radius 1 is 1.32 bits per heavy atom. The maximum absolute atomic E-state index is 3.82. The maximum atomic E-state index is 3.82. The van der Waals surface area contributed by atoms with Gasteiger partial charge in [0, 0.05) is 16.6 Å². The van der Waals surface area contributed by atoms with Crippen LogP contribution in [-0.4, -0.2) is 6.04 Å². The second-order valence-electron chi connectivity index (χ2n) is 5.85. The molecule has 0 saturated heterocycles. The Bertz CT molecular complexity index is 402. The van der Waals surface area contributed by atoms with Crippen LogP contribution in [0.1, 0.15) is 69.5 Å². The standard InChI is InChI=1S/C17H26BrN/c1-3-4-5-6-7-13(2)19-17-11-8-14-12-15(18)9-10-16(14)17/h9-10,12-13,17,19H,3-8,11H2,1-2H3. The summed E-state index contributed by atoms with van der Waals surface area (Å²) >= 11 is 3.56. The van der Waals surface area contributed by atoms with Crippen LogP contribution in [0.3, 0.4) is 0 Å². The molecule has 1 aromatic rings. The van der Waals surface area contributed by atoms with Gasteiger partial charge in [-0.05, 0) is 49.4 Å². The van der Waals surface area contributed by atoms with Crippen LogP contribution >= 0.6 is 15.9 Å². The highest BCUT2D eigenvalue weighted by Gasteiger charge is 2.23. The lowest BCUT2D eigenvalue weighted by Crippen LogP contribution is -2.29. The van der Waals surface area contributed by atoms with Crippen LogP contribution in [-0.2, 0) is 6.42 Å².